The molecule has 15 nitrogen and oxygen atoms in total. The average molecular weight is 1350 g/mol. The van der Waals surface area contributed by atoms with Gasteiger partial charge in [-0.15, -0.1) is 0 Å². The lowest BCUT2D eigenvalue weighted by Crippen LogP contribution is -2.06. The van der Waals surface area contributed by atoms with Gasteiger partial charge in [0.25, 0.3) is 5.69 Å². The van der Waals surface area contributed by atoms with Crippen LogP contribution in [0.2, 0.25) is 0 Å². The molecule has 18 rings (SSSR count). The fraction of sp³-hybridized carbons (Fsp3) is 0.0120. The zero-order valence-corrected chi connectivity index (χ0v) is 54.4. The summed E-state index contributed by atoms with van der Waals surface area (Å²) in [7, 11) is 0. The Balaban J connectivity index is 0.000000130. The van der Waals surface area contributed by atoms with Crippen molar-refractivity contribution in [1.82, 2.24) is 43.6 Å². The van der Waals surface area contributed by atoms with E-state index in [2.05, 4.69) is 156 Å². The van der Waals surface area contributed by atoms with Crippen LogP contribution in [0.1, 0.15) is 11.1 Å². The van der Waals surface area contributed by atoms with E-state index in [-0.39, 0.29) is 10.6 Å². The normalized spacial score (nSPS) is 11.6. The minimum Gasteiger partial charge on any atom is -0.319 e. The fourth-order valence-electron chi connectivity index (χ4n) is 12.9. The SMILES string of the molecule is Brc1ccc2c(c1)c1ccccc1n2-c1nc(-c2ccccc2)nc(-c2ccccc2)n1.NOOc1ccccc1-c1ccc2c(ccn2-c2ccc3c(c2)c2ccccc2n3-c2nc(-c3ccccc3)nc(-c3ccccc3)n2)c1.O=[N+]([O-])c1ccccc1-c1ccc2c(c1)CC=C2. The van der Waals surface area contributed by atoms with Crippen LogP contribution in [0.5, 0.6) is 5.75 Å². The Kier molecular flexibility index (Phi) is 16.5. The highest BCUT2D eigenvalue weighted by molar-refractivity contribution is 9.10. The Bertz CT molecular complexity index is 5810. The monoisotopic (exact) mass is 1350 g/mol. The number of nitrogens with two attached hydrogens (primary N) is 1. The predicted molar refractivity (Wildman–Crippen MR) is 397 cm³/mol. The number of aromatic nitrogens is 9. The van der Waals surface area contributed by atoms with Gasteiger partial charge in [-0.05, 0) is 114 Å². The molecular weight excluding hydrogens is 1290 g/mol. The number of hydrogen-bond acceptors (Lipinski definition) is 11. The van der Waals surface area contributed by atoms with Gasteiger partial charge >= 0.3 is 0 Å². The number of para-hydroxylation sites is 4. The Morgan fingerprint density at radius 1 is 0.414 bits per heavy atom. The number of rotatable bonds is 12. The number of nitro benzene ring substituents is 1. The molecular formula is C83H56BrN11O4. The molecule has 16 heteroatoms. The summed E-state index contributed by atoms with van der Waals surface area (Å²) >= 11 is 3.62. The smallest absolute Gasteiger partial charge is 0.277 e. The van der Waals surface area contributed by atoms with Crippen LogP contribution in [-0.4, -0.2) is 48.5 Å². The van der Waals surface area contributed by atoms with Crippen LogP contribution in [0, 0.1) is 10.1 Å². The minimum absolute atomic E-state index is 0.156. The van der Waals surface area contributed by atoms with E-state index in [0.717, 1.165) is 110 Å². The number of nitro groups is 1. The molecule has 5 aromatic heterocycles. The summed E-state index contributed by atoms with van der Waals surface area (Å²) in [6.45, 7) is 0. The van der Waals surface area contributed by atoms with Crippen LogP contribution in [0.4, 0.5) is 5.69 Å². The Morgan fingerprint density at radius 3 is 1.44 bits per heavy atom. The van der Waals surface area contributed by atoms with Gasteiger partial charge in [0.05, 0.1) is 38.1 Å². The second kappa shape index (κ2) is 26.7. The van der Waals surface area contributed by atoms with Gasteiger partial charge in [0.15, 0.2) is 29.0 Å². The lowest BCUT2D eigenvalue weighted by molar-refractivity contribution is -0.384. The second-order valence-corrected chi connectivity index (χ2v) is 24.4. The standard InChI is InChI=1S/C41H28N6O2.C27H17BrN4.C15H11NO2/c42-49-48-38-18-10-8-15-32(38)29-19-21-35-30(25-29)23-24-46(35)31-20-22-37-34(26-31)33-16-7-9-17-36(33)47(37)41-44-39(27-11-3-1-4-12-27)43-40(45-41)28-13-5-2-6-14-28;28-20-15-16-24-22(17-20)21-13-7-8-14-23(21)32(24)27-30-25(18-9-3-1-4-10-18)29-26(31-27)19-11-5-2-6-12-19;17-16(18)15-7-2-1-6-14(15)13-9-8-11-4-3-5-12(11)10-13/h1-26H,42H2;1-17H;1-4,6-10H,5H2. The Hall–Kier alpha value is -12.9. The summed E-state index contributed by atoms with van der Waals surface area (Å²) in [4.78, 5) is 50.0. The highest BCUT2D eigenvalue weighted by Gasteiger charge is 2.22. The van der Waals surface area contributed by atoms with Gasteiger partial charge in [-0.25, -0.2) is 9.97 Å². The molecule has 0 fully saturated rings. The molecule has 0 unspecified atom stereocenters. The molecule has 0 saturated heterocycles. The van der Waals surface area contributed by atoms with Crippen molar-refractivity contribution in [1.29, 1.82) is 0 Å². The second-order valence-electron chi connectivity index (χ2n) is 23.5. The summed E-state index contributed by atoms with van der Waals surface area (Å²) in [5.41, 5.74) is 16.1. The van der Waals surface area contributed by atoms with E-state index in [4.69, 9.17) is 40.7 Å². The zero-order valence-electron chi connectivity index (χ0n) is 52.8. The highest BCUT2D eigenvalue weighted by Crippen LogP contribution is 2.39. The van der Waals surface area contributed by atoms with Crippen molar-refractivity contribution in [3.05, 3.63) is 335 Å². The van der Waals surface area contributed by atoms with Crippen molar-refractivity contribution in [2.45, 2.75) is 6.42 Å². The molecule has 0 atom stereocenters. The van der Waals surface area contributed by atoms with E-state index in [1.54, 1.807) is 18.2 Å². The molecule has 0 aliphatic heterocycles. The molecule has 0 amide bonds. The van der Waals surface area contributed by atoms with Gasteiger partial charge < -0.3 is 9.45 Å². The number of benzene rings is 12. The first-order valence-corrected chi connectivity index (χ1v) is 32.8. The molecule has 0 radical (unpaired) electrons. The van der Waals surface area contributed by atoms with Gasteiger partial charge in [0.1, 0.15) is 0 Å². The van der Waals surface area contributed by atoms with Crippen LogP contribution in [0.3, 0.4) is 0 Å². The Labute approximate surface area is 575 Å². The lowest BCUT2D eigenvalue weighted by atomic mass is 9.99. The number of allylic oxidation sites excluding steroid dienone is 1. The Morgan fingerprint density at radius 2 is 0.879 bits per heavy atom. The number of fused-ring (bicyclic) bond motifs is 8. The van der Waals surface area contributed by atoms with Gasteiger partial charge in [-0.1, -0.05) is 239 Å². The molecule has 0 spiro atoms. The topological polar surface area (TPSA) is 180 Å². The molecule has 0 saturated carbocycles. The van der Waals surface area contributed by atoms with E-state index in [1.165, 1.54) is 11.1 Å². The minimum atomic E-state index is -0.333. The zero-order chi connectivity index (χ0) is 66.8. The fourth-order valence-corrected chi connectivity index (χ4v) is 13.3. The average Bonchev–Trinajstić information content (AvgIpc) is 1.59. The number of nitrogens with zero attached hydrogens (tertiary/aromatic N) is 10. The molecule has 99 heavy (non-hydrogen) atoms. The van der Waals surface area contributed by atoms with E-state index < -0.39 is 0 Å². The summed E-state index contributed by atoms with van der Waals surface area (Å²) in [5, 5.41) is 16.6. The largest absolute Gasteiger partial charge is 0.319 e. The summed E-state index contributed by atoms with van der Waals surface area (Å²) in [5.74, 6) is 9.46. The van der Waals surface area contributed by atoms with Crippen molar-refractivity contribution in [2.75, 3.05) is 0 Å². The van der Waals surface area contributed by atoms with Crippen molar-refractivity contribution >= 4 is 82.2 Å². The predicted octanol–water partition coefficient (Wildman–Crippen LogP) is 20.0. The first kappa shape index (κ1) is 61.0. The van der Waals surface area contributed by atoms with Gasteiger partial charge in [0.2, 0.25) is 11.9 Å². The van der Waals surface area contributed by atoms with E-state index in [9.17, 15) is 10.1 Å². The number of halogens is 1. The van der Waals surface area contributed by atoms with Crippen LogP contribution in [0.15, 0.2) is 314 Å². The lowest BCUT2D eigenvalue weighted by Gasteiger charge is -2.11. The van der Waals surface area contributed by atoms with Crippen molar-refractivity contribution in [3.8, 4) is 91.1 Å². The molecule has 474 valence electrons. The van der Waals surface area contributed by atoms with Crippen molar-refractivity contribution < 1.29 is 14.8 Å². The van der Waals surface area contributed by atoms with Crippen molar-refractivity contribution in [2.24, 2.45) is 5.90 Å². The van der Waals surface area contributed by atoms with Gasteiger partial charge in [-0.3, -0.25) is 19.2 Å². The van der Waals surface area contributed by atoms with Crippen LogP contribution in [0.25, 0.3) is 146 Å². The highest BCUT2D eigenvalue weighted by atomic mass is 79.9. The summed E-state index contributed by atoms with van der Waals surface area (Å²) in [6, 6.07) is 98.7. The van der Waals surface area contributed by atoms with Gasteiger partial charge in [0, 0.05) is 77.2 Å². The van der Waals surface area contributed by atoms with Crippen molar-refractivity contribution in [3.63, 3.8) is 0 Å². The third-order valence-corrected chi connectivity index (χ3v) is 18.1. The molecule has 17 aromatic rings. The summed E-state index contributed by atoms with van der Waals surface area (Å²) < 4.78 is 7.51. The van der Waals surface area contributed by atoms with Crippen LogP contribution >= 0.6 is 15.9 Å². The van der Waals surface area contributed by atoms with Crippen LogP contribution in [-0.2, 0) is 11.4 Å². The third-order valence-electron chi connectivity index (χ3n) is 17.6. The third kappa shape index (κ3) is 12.0. The maximum absolute atomic E-state index is 11.0. The molecule has 1 aliphatic carbocycles. The van der Waals surface area contributed by atoms with E-state index in [0.29, 0.717) is 46.5 Å². The van der Waals surface area contributed by atoms with E-state index in [1.807, 2.05) is 176 Å². The first-order chi connectivity index (χ1) is 48.8. The quantitative estimate of drug-likeness (QED) is 0.0699. The van der Waals surface area contributed by atoms with E-state index >= 15 is 0 Å². The summed E-state index contributed by atoms with van der Waals surface area (Å²) in [6.07, 6.45) is 7.20. The first-order valence-electron chi connectivity index (χ1n) is 32.0. The molecule has 12 aromatic carbocycles. The van der Waals surface area contributed by atoms with Gasteiger partial charge in [-0.2, -0.15) is 25.8 Å². The van der Waals surface area contributed by atoms with Crippen LogP contribution < -0.4 is 10.8 Å². The number of hydrogen-bond donors (Lipinski definition) is 1. The molecule has 2 N–H and O–H groups in total. The maximum Gasteiger partial charge on any atom is 0.277 e. The molecule has 1 aliphatic rings. The molecule has 0 bridgehead atoms. The maximum atomic E-state index is 11.0. The molecule has 5 heterocycles.